The highest BCUT2D eigenvalue weighted by atomic mass is 32.1. The first-order valence-corrected chi connectivity index (χ1v) is 10.0. The second kappa shape index (κ2) is 9.35. The summed E-state index contributed by atoms with van der Waals surface area (Å²) in [5.41, 5.74) is 0.686. The Labute approximate surface area is 180 Å². The molecule has 2 heterocycles. The molecule has 3 rings (SSSR count). The average Bonchev–Trinajstić information content (AvgIpc) is 3.40. The summed E-state index contributed by atoms with van der Waals surface area (Å²) < 4.78 is 15.3. The van der Waals surface area contributed by atoms with Crippen molar-refractivity contribution >= 4 is 34.2 Å². The number of benzene rings is 1. The number of amides is 1. The standard InChI is InChI=1S/C21H19NO8S/c1-3-28-21(27)16-13(14-5-4-8-29-14)10-31-19(16)22-15(23)9-30-20(26)12-7-6-11(2)17(24)18(12)25/h4-8,10,24-25H,3,9H2,1-2H3,(H,22,23). The molecule has 0 saturated heterocycles. The van der Waals surface area contributed by atoms with Gasteiger partial charge < -0.3 is 29.4 Å². The minimum absolute atomic E-state index is 0.127. The van der Waals surface area contributed by atoms with E-state index in [-0.39, 0.29) is 22.7 Å². The Morgan fingerprint density at radius 1 is 1.10 bits per heavy atom. The Hall–Kier alpha value is -3.79. The molecule has 1 aromatic carbocycles. The number of hydrogen-bond donors (Lipinski definition) is 3. The van der Waals surface area contributed by atoms with Gasteiger partial charge in [0.1, 0.15) is 21.9 Å². The van der Waals surface area contributed by atoms with E-state index in [1.807, 2.05) is 0 Å². The molecule has 3 aromatic rings. The van der Waals surface area contributed by atoms with Crippen molar-refractivity contribution < 1.29 is 38.5 Å². The van der Waals surface area contributed by atoms with E-state index in [0.29, 0.717) is 16.9 Å². The number of carbonyl (C=O) groups is 3. The molecule has 9 nitrogen and oxygen atoms in total. The zero-order valence-corrected chi connectivity index (χ0v) is 17.4. The van der Waals surface area contributed by atoms with Crippen molar-refractivity contribution in [2.75, 3.05) is 18.5 Å². The lowest BCUT2D eigenvalue weighted by Gasteiger charge is -2.10. The molecule has 0 aliphatic rings. The number of thiophene rings is 1. The highest BCUT2D eigenvalue weighted by Crippen LogP contribution is 2.36. The molecule has 162 valence electrons. The first-order valence-electron chi connectivity index (χ1n) is 9.14. The summed E-state index contributed by atoms with van der Waals surface area (Å²) in [5.74, 6) is -2.97. The zero-order valence-electron chi connectivity index (χ0n) is 16.6. The van der Waals surface area contributed by atoms with Gasteiger partial charge in [0, 0.05) is 10.9 Å². The van der Waals surface area contributed by atoms with Crippen LogP contribution in [-0.4, -0.2) is 41.3 Å². The molecule has 0 bridgehead atoms. The maximum atomic E-state index is 12.4. The van der Waals surface area contributed by atoms with Crippen LogP contribution in [0.4, 0.5) is 5.00 Å². The Kier molecular flexibility index (Phi) is 6.61. The fourth-order valence-corrected chi connectivity index (χ4v) is 3.64. The first-order chi connectivity index (χ1) is 14.8. The van der Waals surface area contributed by atoms with E-state index in [1.165, 1.54) is 18.4 Å². The van der Waals surface area contributed by atoms with E-state index in [2.05, 4.69) is 5.32 Å². The number of aryl methyl sites for hydroxylation is 1. The summed E-state index contributed by atoms with van der Waals surface area (Å²) in [6.07, 6.45) is 1.46. The Morgan fingerprint density at radius 2 is 1.87 bits per heavy atom. The van der Waals surface area contributed by atoms with E-state index < -0.39 is 36.0 Å². The molecule has 0 spiro atoms. The van der Waals surface area contributed by atoms with Crippen molar-refractivity contribution in [3.05, 3.63) is 52.6 Å². The minimum atomic E-state index is -0.990. The van der Waals surface area contributed by atoms with Gasteiger partial charge in [0.05, 0.1) is 12.9 Å². The van der Waals surface area contributed by atoms with Crippen molar-refractivity contribution in [1.82, 2.24) is 0 Å². The summed E-state index contributed by atoms with van der Waals surface area (Å²) in [4.78, 5) is 36.9. The van der Waals surface area contributed by atoms with E-state index in [0.717, 1.165) is 11.3 Å². The highest BCUT2D eigenvalue weighted by Gasteiger charge is 2.25. The van der Waals surface area contributed by atoms with Gasteiger partial charge in [0.25, 0.3) is 5.91 Å². The lowest BCUT2D eigenvalue weighted by molar-refractivity contribution is -0.119. The third-order valence-corrected chi connectivity index (χ3v) is 5.11. The molecule has 0 radical (unpaired) electrons. The number of anilines is 1. The van der Waals surface area contributed by atoms with Crippen molar-refractivity contribution in [3.8, 4) is 22.8 Å². The number of hydrogen-bond acceptors (Lipinski definition) is 9. The fourth-order valence-electron chi connectivity index (χ4n) is 2.69. The number of aromatic hydroxyl groups is 2. The molecule has 0 atom stereocenters. The molecule has 0 saturated carbocycles. The van der Waals surface area contributed by atoms with Crippen LogP contribution in [-0.2, 0) is 14.3 Å². The molecule has 31 heavy (non-hydrogen) atoms. The van der Waals surface area contributed by atoms with Crippen molar-refractivity contribution in [1.29, 1.82) is 0 Å². The third-order valence-electron chi connectivity index (χ3n) is 4.22. The number of nitrogens with one attached hydrogen (secondary N) is 1. The highest BCUT2D eigenvalue weighted by molar-refractivity contribution is 7.15. The van der Waals surface area contributed by atoms with E-state index >= 15 is 0 Å². The van der Waals surface area contributed by atoms with Crippen LogP contribution < -0.4 is 5.32 Å². The smallest absolute Gasteiger partial charge is 0.342 e. The van der Waals surface area contributed by atoms with Gasteiger partial charge in [-0.2, -0.15) is 0 Å². The minimum Gasteiger partial charge on any atom is -0.504 e. The number of rotatable bonds is 7. The maximum absolute atomic E-state index is 12.4. The van der Waals surface area contributed by atoms with Crippen LogP contribution in [0, 0.1) is 6.92 Å². The summed E-state index contributed by atoms with van der Waals surface area (Å²) in [5, 5.41) is 24.0. The molecular weight excluding hydrogens is 426 g/mol. The number of ether oxygens (including phenoxy) is 2. The second-order valence-corrected chi connectivity index (χ2v) is 7.18. The zero-order chi connectivity index (χ0) is 22.5. The van der Waals surface area contributed by atoms with E-state index in [1.54, 1.807) is 31.4 Å². The number of esters is 2. The van der Waals surface area contributed by atoms with Crippen LogP contribution in [0.25, 0.3) is 11.3 Å². The summed E-state index contributed by atoms with van der Waals surface area (Å²) in [6, 6.07) is 6.04. The lowest BCUT2D eigenvalue weighted by atomic mass is 10.1. The Bertz CT molecular complexity index is 1120. The van der Waals surface area contributed by atoms with Crippen LogP contribution in [0.1, 0.15) is 33.2 Å². The van der Waals surface area contributed by atoms with Crippen LogP contribution in [0.2, 0.25) is 0 Å². The van der Waals surface area contributed by atoms with Gasteiger partial charge in [-0.1, -0.05) is 6.07 Å². The molecule has 0 unspecified atom stereocenters. The summed E-state index contributed by atoms with van der Waals surface area (Å²) in [6.45, 7) is 2.68. The van der Waals surface area contributed by atoms with Gasteiger partial charge >= 0.3 is 11.9 Å². The quantitative estimate of drug-likeness (QED) is 0.370. The van der Waals surface area contributed by atoms with Crippen molar-refractivity contribution in [2.45, 2.75) is 13.8 Å². The SMILES string of the molecule is CCOC(=O)c1c(-c2ccco2)csc1NC(=O)COC(=O)c1ccc(C)c(O)c1O. The predicted molar refractivity (Wildman–Crippen MR) is 111 cm³/mol. The van der Waals surface area contributed by atoms with Crippen LogP contribution >= 0.6 is 11.3 Å². The molecule has 0 aliphatic carbocycles. The largest absolute Gasteiger partial charge is 0.504 e. The molecule has 0 fully saturated rings. The number of furan rings is 1. The molecule has 3 N–H and O–H groups in total. The third kappa shape index (κ3) is 4.69. The van der Waals surface area contributed by atoms with Crippen LogP contribution in [0.5, 0.6) is 11.5 Å². The molecule has 2 aromatic heterocycles. The van der Waals surface area contributed by atoms with Crippen LogP contribution in [0.3, 0.4) is 0 Å². The summed E-state index contributed by atoms with van der Waals surface area (Å²) >= 11 is 1.09. The van der Waals surface area contributed by atoms with E-state index in [4.69, 9.17) is 13.9 Å². The Balaban J connectivity index is 1.73. The number of phenols is 2. The number of phenolic OH excluding ortho intramolecular Hbond substituents is 2. The van der Waals surface area contributed by atoms with Gasteiger partial charge in [-0.25, -0.2) is 9.59 Å². The van der Waals surface area contributed by atoms with Gasteiger partial charge in [-0.3, -0.25) is 4.79 Å². The Morgan fingerprint density at radius 3 is 2.55 bits per heavy atom. The monoisotopic (exact) mass is 445 g/mol. The van der Waals surface area contributed by atoms with E-state index in [9.17, 15) is 24.6 Å². The number of carbonyl (C=O) groups excluding carboxylic acids is 3. The summed E-state index contributed by atoms with van der Waals surface area (Å²) in [7, 11) is 0. The predicted octanol–water partition coefficient (Wildman–Crippen LogP) is 3.70. The molecule has 0 aliphatic heterocycles. The lowest BCUT2D eigenvalue weighted by Crippen LogP contribution is -2.21. The molecule has 1 amide bonds. The van der Waals surface area contributed by atoms with Crippen molar-refractivity contribution in [2.24, 2.45) is 0 Å². The van der Waals surface area contributed by atoms with Gasteiger partial charge in [0.2, 0.25) is 0 Å². The van der Waals surface area contributed by atoms with Crippen molar-refractivity contribution in [3.63, 3.8) is 0 Å². The average molecular weight is 445 g/mol. The van der Waals surface area contributed by atoms with Gasteiger partial charge in [0.15, 0.2) is 18.1 Å². The second-order valence-electron chi connectivity index (χ2n) is 6.30. The normalized spacial score (nSPS) is 10.5. The van der Waals surface area contributed by atoms with Gasteiger partial charge in [-0.05, 0) is 37.6 Å². The molecular formula is C21H19NO8S. The fraction of sp³-hybridized carbons (Fsp3) is 0.190. The maximum Gasteiger partial charge on any atom is 0.342 e. The van der Waals surface area contributed by atoms with Gasteiger partial charge in [-0.15, -0.1) is 11.3 Å². The molecule has 10 heteroatoms. The van der Waals surface area contributed by atoms with Crippen LogP contribution in [0.15, 0.2) is 40.3 Å². The topological polar surface area (TPSA) is 135 Å². The first kappa shape index (κ1) is 21.9.